The second-order valence-corrected chi connectivity index (χ2v) is 6.86. The summed E-state index contributed by atoms with van der Waals surface area (Å²) in [6, 6.07) is 15.0. The van der Waals surface area contributed by atoms with Crippen LogP contribution in [0.4, 0.5) is 5.13 Å². The second kappa shape index (κ2) is 5.96. The number of ether oxygens (including phenoxy) is 2. The van der Waals surface area contributed by atoms with Crippen molar-refractivity contribution in [2.24, 2.45) is 0 Å². The quantitative estimate of drug-likeness (QED) is 0.585. The molecule has 0 bridgehead atoms. The van der Waals surface area contributed by atoms with Crippen molar-refractivity contribution in [3.63, 3.8) is 0 Å². The predicted molar refractivity (Wildman–Crippen MR) is 100 cm³/mol. The van der Waals surface area contributed by atoms with Crippen molar-refractivity contribution in [3.8, 4) is 11.5 Å². The molecule has 4 aromatic rings. The van der Waals surface area contributed by atoms with Crippen LogP contribution in [0.15, 0.2) is 48.5 Å². The summed E-state index contributed by atoms with van der Waals surface area (Å²) in [4.78, 5) is 21.4. The molecule has 3 heterocycles. The van der Waals surface area contributed by atoms with E-state index in [1.54, 1.807) is 6.07 Å². The molecule has 0 aliphatic carbocycles. The fraction of sp³-hybridized carbons (Fsp3) is 0.105. The average molecular weight is 363 g/mol. The molecule has 0 spiro atoms. The molecule has 0 unspecified atom stereocenters. The molecule has 1 N–H and O–H groups in total. The molecule has 5 rings (SSSR count). The third-order valence-electron chi connectivity index (χ3n) is 4.10. The molecular weight excluding hydrogens is 350 g/mol. The number of fused-ring (bicyclic) bond motifs is 3. The first-order valence-electron chi connectivity index (χ1n) is 8.14. The van der Waals surface area contributed by atoms with Crippen LogP contribution in [0, 0.1) is 0 Å². The first-order valence-corrected chi connectivity index (χ1v) is 8.95. The minimum atomic E-state index is -0.285. The molecule has 2 aromatic carbocycles. The number of hydrogen-bond donors (Lipinski definition) is 1. The number of benzene rings is 2. The lowest BCUT2D eigenvalue weighted by Crippen LogP contribution is -2.15. The Morgan fingerprint density at radius 2 is 1.77 bits per heavy atom. The van der Waals surface area contributed by atoms with Gasteiger partial charge in [0.1, 0.15) is 18.9 Å². The smallest absolute Gasteiger partial charge is 0.276 e. The summed E-state index contributed by atoms with van der Waals surface area (Å²) >= 11 is 1.39. The highest BCUT2D eigenvalue weighted by Crippen LogP contribution is 2.37. The van der Waals surface area contributed by atoms with Crippen molar-refractivity contribution in [2.45, 2.75) is 0 Å². The molecular formula is C19H13N3O3S. The van der Waals surface area contributed by atoms with E-state index in [2.05, 4.69) is 15.3 Å². The number of para-hydroxylation sites is 1. The normalized spacial score (nSPS) is 13.1. The molecule has 1 aliphatic heterocycles. The van der Waals surface area contributed by atoms with E-state index >= 15 is 0 Å². The van der Waals surface area contributed by atoms with E-state index in [1.807, 2.05) is 42.5 Å². The average Bonchev–Trinajstić information content (AvgIpc) is 3.06. The lowest BCUT2D eigenvalue weighted by molar-refractivity contribution is 0.102. The van der Waals surface area contributed by atoms with Gasteiger partial charge in [-0.3, -0.25) is 10.1 Å². The summed E-state index contributed by atoms with van der Waals surface area (Å²) in [5.74, 6) is 1.11. The van der Waals surface area contributed by atoms with Gasteiger partial charge in [0, 0.05) is 17.5 Å². The molecule has 6 nitrogen and oxygen atoms in total. The van der Waals surface area contributed by atoms with E-state index in [0.29, 0.717) is 35.5 Å². The Morgan fingerprint density at radius 1 is 0.962 bits per heavy atom. The van der Waals surface area contributed by atoms with Crippen molar-refractivity contribution in [1.29, 1.82) is 0 Å². The van der Waals surface area contributed by atoms with Gasteiger partial charge in [-0.15, -0.1) is 0 Å². The first-order chi connectivity index (χ1) is 12.8. The summed E-state index contributed by atoms with van der Waals surface area (Å²) in [7, 11) is 0. The Morgan fingerprint density at radius 3 is 2.65 bits per heavy atom. The number of hydrogen-bond acceptors (Lipinski definition) is 6. The number of anilines is 1. The van der Waals surface area contributed by atoms with E-state index < -0.39 is 0 Å². The van der Waals surface area contributed by atoms with E-state index in [0.717, 1.165) is 21.1 Å². The Bertz CT molecular complexity index is 1110. The molecule has 0 saturated heterocycles. The lowest BCUT2D eigenvalue weighted by Gasteiger charge is -2.17. The molecule has 7 heteroatoms. The Kier molecular flexibility index (Phi) is 3.46. The van der Waals surface area contributed by atoms with Gasteiger partial charge < -0.3 is 9.47 Å². The van der Waals surface area contributed by atoms with Crippen LogP contribution in [0.1, 0.15) is 10.5 Å². The zero-order chi connectivity index (χ0) is 17.5. The van der Waals surface area contributed by atoms with Crippen LogP contribution in [0.25, 0.3) is 21.1 Å². The van der Waals surface area contributed by atoms with Crippen molar-refractivity contribution in [3.05, 3.63) is 54.2 Å². The third-order valence-corrected chi connectivity index (χ3v) is 5.04. The minimum absolute atomic E-state index is 0.285. The van der Waals surface area contributed by atoms with Crippen molar-refractivity contribution in [1.82, 2.24) is 9.97 Å². The van der Waals surface area contributed by atoms with Crippen LogP contribution in [0.5, 0.6) is 11.5 Å². The molecule has 0 atom stereocenters. The maximum atomic E-state index is 12.5. The van der Waals surface area contributed by atoms with Crippen LogP contribution >= 0.6 is 11.3 Å². The van der Waals surface area contributed by atoms with Gasteiger partial charge in [-0.1, -0.05) is 35.6 Å². The number of nitrogens with zero attached hydrogens (tertiary/aromatic N) is 2. The maximum Gasteiger partial charge on any atom is 0.276 e. The van der Waals surface area contributed by atoms with Crippen LogP contribution < -0.4 is 14.8 Å². The highest BCUT2D eigenvalue weighted by atomic mass is 32.1. The van der Waals surface area contributed by atoms with Gasteiger partial charge in [0.25, 0.3) is 5.91 Å². The zero-order valence-corrected chi connectivity index (χ0v) is 14.4. The van der Waals surface area contributed by atoms with E-state index in [-0.39, 0.29) is 5.91 Å². The van der Waals surface area contributed by atoms with Crippen molar-refractivity contribution < 1.29 is 14.3 Å². The SMILES string of the molecule is O=C(Nc1nc2cc3c(cc2s1)OCCO3)c1ccc2ccccc2n1. The Labute approximate surface area is 152 Å². The fourth-order valence-corrected chi connectivity index (χ4v) is 3.74. The molecule has 0 radical (unpaired) electrons. The molecule has 0 fully saturated rings. The molecule has 128 valence electrons. The van der Waals surface area contributed by atoms with Crippen LogP contribution in [-0.4, -0.2) is 29.1 Å². The van der Waals surface area contributed by atoms with Crippen LogP contribution in [0.2, 0.25) is 0 Å². The monoisotopic (exact) mass is 363 g/mol. The number of pyridine rings is 1. The molecule has 0 saturated carbocycles. The number of nitrogens with one attached hydrogen (secondary N) is 1. The summed E-state index contributed by atoms with van der Waals surface area (Å²) in [5, 5.41) is 4.34. The van der Waals surface area contributed by atoms with Gasteiger partial charge >= 0.3 is 0 Å². The Balaban J connectivity index is 1.45. The largest absolute Gasteiger partial charge is 0.486 e. The van der Waals surface area contributed by atoms with Gasteiger partial charge in [-0.05, 0) is 12.1 Å². The van der Waals surface area contributed by atoms with Crippen LogP contribution in [0.3, 0.4) is 0 Å². The number of aromatic nitrogens is 2. The van der Waals surface area contributed by atoms with Crippen molar-refractivity contribution in [2.75, 3.05) is 18.5 Å². The molecule has 1 aliphatic rings. The second-order valence-electron chi connectivity index (χ2n) is 5.83. The van der Waals surface area contributed by atoms with Gasteiger partial charge in [0.05, 0.1) is 15.7 Å². The summed E-state index contributed by atoms with van der Waals surface area (Å²) in [6.45, 7) is 1.06. The first kappa shape index (κ1) is 15.1. The topological polar surface area (TPSA) is 73.3 Å². The molecule has 26 heavy (non-hydrogen) atoms. The fourth-order valence-electron chi connectivity index (χ4n) is 2.87. The number of thiazole rings is 1. The van der Waals surface area contributed by atoms with Crippen molar-refractivity contribution >= 4 is 43.5 Å². The number of rotatable bonds is 2. The number of amides is 1. The highest BCUT2D eigenvalue weighted by Gasteiger charge is 2.17. The summed E-state index contributed by atoms with van der Waals surface area (Å²) < 4.78 is 12.1. The minimum Gasteiger partial charge on any atom is -0.486 e. The van der Waals surface area contributed by atoms with Crippen LogP contribution in [-0.2, 0) is 0 Å². The summed E-state index contributed by atoms with van der Waals surface area (Å²) in [5.41, 5.74) is 1.90. The number of carbonyl (C=O) groups is 1. The van der Waals surface area contributed by atoms with Gasteiger partial charge in [-0.2, -0.15) is 0 Å². The predicted octanol–water partition coefficient (Wildman–Crippen LogP) is 3.87. The number of carbonyl (C=O) groups excluding carboxylic acids is 1. The Hall–Kier alpha value is -3.19. The zero-order valence-electron chi connectivity index (χ0n) is 13.6. The highest BCUT2D eigenvalue weighted by molar-refractivity contribution is 7.22. The molecule has 2 aromatic heterocycles. The van der Waals surface area contributed by atoms with E-state index in [1.165, 1.54) is 11.3 Å². The third kappa shape index (κ3) is 2.62. The lowest BCUT2D eigenvalue weighted by atomic mass is 10.2. The summed E-state index contributed by atoms with van der Waals surface area (Å²) in [6.07, 6.45) is 0. The van der Waals surface area contributed by atoms with Gasteiger partial charge in [0.2, 0.25) is 0 Å². The van der Waals surface area contributed by atoms with Gasteiger partial charge in [-0.25, -0.2) is 9.97 Å². The standard InChI is InChI=1S/C19H13N3O3S/c23-18(13-6-5-11-3-1-2-4-12(11)20-13)22-19-21-14-9-15-16(10-17(14)26-19)25-8-7-24-15/h1-6,9-10H,7-8H2,(H,21,22,23). The maximum absolute atomic E-state index is 12.5. The van der Waals surface area contributed by atoms with E-state index in [4.69, 9.17) is 9.47 Å². The van der Waals surface area contributed by atoms with E-state index in [9.17, 15) is 4.79 Å². The van der Waals surface area contributed by atoms with Gasteiger partial charge in [0.15, 0.2) is 16.6 Å². The molecule has 1 amide bonds.